The topological polar surface area (TPSA) is 52.7 Å². The number of piperazine rings is 1. The van der Waals surface area contributed by atoms with Crippen molar-refractivity contribution >= 4 is 23.3 Å². The molecule has 1 N–H and O–H groups in total. The van der Waals surface area contributed by atoms with Crippen LogP contribution in [-0.2, 0) is 16.1 Å². The summed E-state index contributed by atoms with van der Waals surface area (Å²) in [5, 5.41) is 3.39. The summed E-state index contributed by atoms with van der Waals surface area (Å²) in [7, 11) is 0. The molecule has 0 radical (unpaired) electrons. The van der Waals surface area contributed by atoms with Crippen LogP contribution in [0.25, 0.3) is 0 Å². The Morgan fingerprint density at radius 2 is 1.81 bits per heavy atom. The number of nitrogens with zero attached hydrogens (tertiary/aromatic N) is 2. The molecule has 2 rings (SSSR count). The predicted octanol–water partition coefficient (Wildman–Crippen LogP) is 2.86. The molecule has 150 valence electrons. The number of hydrogen-bond acceptors (Lipinski definition) is 4. The summed E-state index contributed by atoms with van der Waals surface area (Å²) in [5.41, 5.74) is 0.0281. The van der Waals surface area contributed by atoms with Crippen molar-refractivity contribution in [3.63, 3.8) is 0 Å². The Morgan fingerprint density at radius 3 is 2.41 bits per heavy atom. The van der Waals surface area contributed by atoms with Gasteiger partial charge in [0.25, 0.3) is 0 Å². The van der Waals surface area contributed by atoms with Crippen molar-refractivity contribution in [3.8, 4) is 0 Å². The Hall–Kier alpha value is -1.50. The molecule has 1 amide bonds. The summed E-state index contributed by atoms with van der Waals surface area (Å²) in [4.78, 5) is 27.8. The van der Waals surface area contributed by atoms with Crippen molar-refractivity contribution in [1.82, 2.24) is 15.1 Å². The number of Topliss-reactive ketones (excluding diaryl/α,β-unsaturated/α-hetero) is 1. The van der Waals surface area contributed by atoms with E-state index in [9.17, 15) is 14.0 Å². The molecule has 1 aromatic rings. The number of benzene rings is 1. The van der Waals surface area contributed by atoms with Crippen molar-refractivity contribution in [2.45, 2.75) is 45.7 Å². The molecule has 5 nitrogen and oxygen atoms in total. The van der Waals surface area contributed by atoms with Gasteiger partial charge < -0.3 is 10.2 Å². The van der Waals surface area contributed by atoms with Gasteiger partial charge in [-0.15, -0.1) is 0 Å². The van der Waals surface area contributed by atoms with Gasteiger partial charge in [-0.05, 0) is 32.9 Å². The molecule has 0 aliphatic carbocycles. The average Bonchev–Trinajstić information content (AvgIpc) is 2.56. The smallest absolute Gasteiger partial charge is 0.221 e. The fourth-order valence-electron chi connectivity index (χ4n) is 3.44. The fraction of sp³-hybridized carbons (Fsp3) is 0.600. The molecule has 1 aliphatic rings. The van der Waals surface area contributed by atoms with Gasteiger partial charge in [0.2, 0.25) is 5.91 Å². The molecular weight excluding hydrogens is 369 g/mol. The second-order valence-corrected chi connectivity index (χ2v) is 8.29. The Morgan fingerprint density at radius 1 is 1.19 bits per heavy atom. The van der Waals surface area contributed by atoms with Crippen LogP contribution in [0.1, 0.15) is 39.2 Å². The van der Waals surface area contributed by atoms with Crippen LogP contribution in [-0.4, -0.2) is 59.8 Å². The largest absolute Gasteiger partial charge is 0.351 e. The van der Waals surface area contributed by atoms with E-state index in [4.69, 9.17) is 11.6 Å². The highest BCUT2D eigenvalue weighted by molar-refractivity contribution is 6.31. The summed E-state index contributed by atoms with van der Waals surface area (Å²) in [5.74, 6) is -0.247. The number of halogens is 2. The Kier molecular flexibility index (Phi) is 7.77. The Labute approximate surface area is 165 Å². The van der Waals surface area contributed by atoms with Gasteiger partial charge in [0, 0.05) is 68.2 Å². The monoisotopic (exact) mass is 397 g/mol. The first kappa shape index (κ1) is 21.8. The minimum absolute atomic E-state index is 0.0400. The van der Waals surface area contributed by atoms with Gasteiger partial charge in [-0.25, -0.2) is 4.39 Å². The molecule has 1 aliphatic heterocycles. The third-order valence-corrected chi connectivity index (χ3v) is 5.09. The molecule has 0 bridgehead atoms. The van der Waals surface area contributed by atoms with Gasteiger partial charge in [-0.2, -0.15) is 0 Å². The minimum atomic E-state index is -0.513. The molecule has 0 saturated carbocycles. The van der Waals surface area contributed by atoms with E-state index in [1.807, 2.05) is 13.8 Å². The van der Waals surface area contributed by atoms with Gasteiger partial charge in [0.05, 0.1) is 0 Å². The standard InChI is InChI=1S/C20H29ClFN3O2/c1-15(26)13-20(2,3)23-19(27)7-8-24-9-11-25(12-10-24)14-16-17(21)5-4-6-18(16)22/h4-6H,7-14H2,1-3H3,(H,23,27). The van der Waals surface area contributed by atoms with E-state index in [0.717, 1.165) is 26.2 Å². The highest BCUT2D eigenvalue weighted by Crippen LogP contribution is 2.21. The SMILES string of the molecule is CC(=O)CC(C)(C)NC(=O)CCN1CCN(Cc2c(F)cccc2Cl)CC1. The zero-order valence-corrected chi connectivity index (χ0v) is 17.1. The molecule has 1 aromatic carbocycles. The van der Waals surface area contributed by atoms with E-state index < -0.39 is 5.54 Å². The average molecular weight is 398 g/mol. The summed E-state index contributed by atoms with van der Waals surface area (Å²) in [6.45, 7) is 9.70. The Balaban J connectivity index is 1.73. The van der Waals surface area contributed by atoms with Crippen LogP contribution in [0.15, 0.2) is 18.2 Å². The number of hydrogen-bond donors (Lipinski definition) is 1. The maximum atomic E-state index is 13.9. The van der Waals surface area contributed by atoms with Crippen molar-refractivity contribution in [1.29, 1.82) is 0 Å². The van der Waals surface area contributed by atoms with Crippen LogP contribution in [0.2, 0.25) is 5.02 Å². The van der Waals surface area contributed by atoms with Crippen molar-refractivity contribution < 1.29 is 14.0 Å². The van der Waals surface area contributed by atoms with Crippen LogP contribution in [0.3, 0.4) is 0 Å². The highest BCUT2D eigenvalue weighted by atomic mass is 35.5. The normalized spacial score (nSPS) is 16.3. The number of carbonyl (C=O) groups is 2. The lowest BCUT2D eigenvalue weighted by molar-refractivity contribution is -0.124. The van der Waals surface area contributed by atoms with Crippen molar-refractivity contribution in [3.05, 3.63) is 34.6 Å². The quantitative estimate of drug-likeness (QED) is 0.732. The predicted molar refractivity (Wildman–Crippen MR) is 105 cm³/mol. The molecule has 7 heteroatoms. The summed E-state index contributed by atoms with van der Waals surface area (Å²) >= 11 is 6.10. The number of carbonyl (C=O) groups excluding carboxylic acids is 2. The molecule has 1 heterocycles. The zero-order valence-electron chi connectivity index (χ0n) is 16.4. The van der Waals surface area contributed by atoms with E-state index in [1.165, 1.54) is 13.0 Å². The van der Waals surface area contributed by atoms with Crippen LogP contribution in [0.4, 0.5) is 4.39 Å². The highest BCUT2D eigenvalue weighted by Gasteiger charge is 2.23. The van der Waals surface area contributed by atoms with E-state index in [0.29, 0.717) is 36.5 Å². The first-order valence-corrected chi connectivity index (χ1v) is 9.72. The van der Waals surface area contributed by atoms with Gasteiger partial charge >= 0.3 is 0 Å². The lowest BCUT2D eigenvalue weighted by Crippen LogP contribution is -2.48. The third kappa shape index (κ3) is 7.20. The molecule has 0 spiro atoms. The second-order valence-electron chi connectivity index (χ2n) is 7.88. The molecular formula is C20H29ClFN3O2. The lowest BCUT2D eigenvalue weighted by Gasteiger charge is -2.35. The molecule has 0 aromatic heterocycles. The first-order chi connectivity index (χ1) is 12.7. The molecule has 27 heavy (non-hydrogen) atoms. The summed E-state index contributed by atoms with van der Waals surface area (Å²) in [6.07, 6.45) is 0.733. The molecule has 0 atom stereocenters. The van der Waals surface area contributed by atoms with Crippen LogP contribution >= 0.6 is 11.6 Å². The van der Waals surface area contributed by atoms with Gasteiger partial charge in [0.1, 0.15) is 11.6 Å². The second kappa shape index (κ2) is 9.62. The summed E-state index contributed by atoms with van der Waals surface area (Å²) < 4.78 is 13.9. The van der Waals surface area contributed by atoms with Gasteiger partial charge in [0.15, 0.2) is 0 Å². The van der Waals surface area contributed by atoms with Crippen LogP contribution in [0, 0.1) is 5.82 Å². The van der Waals surface area contributed by atoms with Gasteiger partial charge in [-0.3, -0.25) is 14.5 Å². The number of ketones is 1. The lowest BCUT2D eigenvalue weighted by atomic mass is 9.98. The fourth-order valence-corrected chi connectivity index (χ4v) is 3.67. The summed E-state index contributed by atoms with van der Waals surface area (Å²) in [6, 6.07) is 4.76. The number of nitrogens with one attached hydrogen (secondary N) is 1. The molecule has 1 saturated heterocycles. The van der Waals surface area contributed by atoms with Crippen LogP contribution in [0.5, 0.6) is 0 Å². The van der Waals surface area contributed by atoms with Crippen molar-refractivity contribution in [2.75, 3.05) is 32.7 Å². The van der Waals surface area contributed by atoms with E-state index in [1.54, 1.807) is 12.1 Å². The van der Waals surface area contributed by atoms with E-state index in [2.05, 4.69) is 15.1 Å². The Bertz CT molecular complexity index is 653. The van der Waals surface area contributed by atoms with E-state index in [-0.39, 0.29) is 17.5 Å². The molecule has 1 fully saturated rings. The van der Waals surface area contributed by atoms with Crippen LogP contribution < -0.4 is 5.32 Å². The maximum absolute atomic E-state index is 13.9. The third-order valence-electron chi connectivity index (χ3n) is 4.73. The van der Waals surface area contributed by atoms with Gasteiger partial charge in [-0.1, -0.05) is 17.7 Å². The number of rotatable bonds is 8. The minimum Gasteiger partial charge on any atom is -0.351 e. The number of amides is 1. The maximum Gasteiger partial charge on any atom is 0.221 e. The van der Waals surface area contributed by atoms with E-state index >= 15 is 0 Å². The first-order valence-electron chi connectivity index (χ1n) is 9.34. The zero-order chi connectivity index (χ0) is 20.0. The molecule has 0 unspecified atom stereocenters. The van der Waals surface area contributed by atoms with Crippen molar-refractivity contribution in [2.24, 2.45) is 0 Å².